The van der Waals surface area contributed by atoms with Gasteiger partial charge in [0.2, 0.25) is 0 Å². The van der Waals surface area contributed by atoms with E-state index in [0.717, 1.165) is 11.1 Å². The quantitative estimate of drug-likeness (QED) is 0.788. The summed E-state index contributed by atoms with van der Waals surface area (Å²) < 4.78 is 11.8. The molecule has 1 saturated heterocycles. The van der Waals surface area contributed by atoms with E-state index in [-0.39, 0.29) is 12.7 Å². The van der Waals surface area contributed by atoms with Crippen LogP contribution in [-0.4, -0.2) is 42.7 Å². The first-order valence-electron chi connectivity index (χ1n) is 9.55. The summed E-state index contributed by atoms with van der Waals surface area (Å²) in [5, 5.41) is 14.5. The van der Waals surface area contributed by atoms with Crippen molar-refractivity contribution in [3.8, 4) is 0 Å². The minimum absolute atomic E-state index is 0.233. The maximum absolute atomic E-state index is 10.5. The second-order valence-electron chi connectivity index (χ2n) is 7.24. The van der Waals surface area contributed by atoms with Crippen LogP contribution in [0.3, 0.4) is 0 Å². The number of ether oxygens (including phenoxy) is 2. The fraction of sp³-hybridized carbons (Fsp3) is 0.455. The summed E-state index contributed by atoms with van der Waals surface area (Å²) in [5.74, 6) is 0. The lowest BCUT2D eigenvalue weighted by Crippen LogP contribution is -2.40. The largest absolute Gasteiger partial charge is 0.388 e. The van der Waals surface area contributed by atoms with Gasteiger partial charge >= 0.3 is 0 Å². The van der Waals surface area contributed by atoms with Gasteiger partial charge in [0.1, 0.15) is 6.10 Å². The topological polar surface area (TPSA) is 74.9 Å². The number of aliphatic hydroxyl groups excluding tert-OH is 1. The second-order valence-corrected chi connectivity index (χ2v) is 7.24. The first-order valence-corrected chi connectivity index (χ1v) is 9.55. The number of hydrogen-bond acceptors (Lipinski definition) is 5. The van der Waals surface area contributed by atoms with Gasteiger partial charge in [-0.15, -0.1) is 0 Å². The van der Waals surface area contributed by atoms with E-state index in [2.05, 4.69) is 17.2 Å². The van der Waals surface area contributed by atoms with Crippen molar-refractivity contribution in [3.05, 3.63) is 71.8 Å². The van der Waals surface area contributed by atoms with Crippen LogP contribution in [0, 0.1) is 5.53 Å². The van der Waals surface area contributed by atoms with Crippen molar-refractivity contribution in [2.45, 2.75) is 43.4 Å². The summed E-state index contributed by atoms with van der Waals surface area (Å²) in [4.78, 5) is 0. The molecule has 2 aromatic carbocycles. The molecule has 3 unspecified atom stereocenters. The average Bonchev–Trinajstić information content (AvgIpc) is 2.71. The molecular formula is C22H28N2O3. The van der Waals surface area contributed by atoms with Gasteiger partial charge in [0.15, 0.2) is 0 Å². The molecule has 0 aliphatic carbocycles. The number of aliphatic hydroxyl groups is 1. The molecule has 2 aromatic rings. The lowest BCUT2D eigenvalue weighted by molar-refractivity contribution is -0.0845. The molecule has 1 aliphatic heterocycles. The third-order valence-corrected chi connectivity index (χ3v) is 5.22. The Balaban J connectivity index is 1.68. The molecule has 144 valence electrons. The fourth-order valence-corrected chi connectivity index (χ4v) is 3.56. The fourth-order valence-electron chi connectivity index (χ4n) is 3.56. The van der Waals surface area contributed by atoms with Gasteiger partial charge in [-0.3, -0.25) is 0 Å². The summed E-state index contributed by atoms with van der Waals surface area (Å²) in [6.45, 7) is 1.17. The van der Waals surface area contributed by atoms with Crippen LogP contribution in [0.15, 0.2) is 65.8 Å². The molecule has 1 heterocycles. The first-order chi connectivity index (χ1) is 13.2. The Morgan fingerprint density at radius 2 is 1.59 bits per heavy atom. The van der Waals surface area contributed by atoms with E-state index in [0.29, 0.717) is 38.9 Å². The van der Waals surface area contributed by atoms with Gasteiger partial charge in [-0.25, -0.2) is 5.53 Å². The number of nitrogens with one attached hydrogen (secondary N) is 1. The Kier molecular flexibility index (Phi) is 7.10. The lowest BCUT2D eigenvalue weighted by Gasteiger charge is -2.32. The molecule has 0 radical (unpaired) electrons. The Hall–Kier alpha value is -2.08. The van der Waals surface area contributed by atoms with Crippen LogP contribution in [0.2, 0.25) is 0 Å². The maximum Gasteiger partial charge on any atom is 0.104 e. The van der Waals surface area contributed by atoms with Gasteiger partial charge in [-0.2, -0.15) is 5.11 Å². The summed E-state index contributed by atoms with van der Waals surface area (Å²) in [6.07, 6.45) is 1.60. The van der Waals surface area contributed by atoms with Crippen molar-refractivity contribution in [1.29, 1.82) is 5.53 Å². The van der Waals surface area contributed by atoms with E-state index < -0.39 is 11.6 Å². The standard InChI is InChI=1S/C22H28N2O3/c23-24-22(16-19-9-5-2-6-10-19)11-13-26-17-20(25)21(27-14-12-22)15-18-7-3-1-4-8-18/h1-10,20-21,23,25H,11-17H2. The molecule has 3 atom stereocenters. The monoisotopic (exact) mass is 368 g/mol. The van der Waals surface area contributed by atoms with Crippen LogP contribution in [0.5, 0.6) is 0 Å². The van der Waals surface area contributed by atoms with E-state index in [1.54, 1.807) is 0 Å². The first kappa shape index (κ1) is 19.7. The Morgan fingerprint density at radius 3 is 2.26 bits per heavy atom. The Bertz CT molecular complexity index is 695. The van der Waals surface area contributed by atoms with E-state index in [4.69, 9.17) is 15.0 Å². The molecule has 5 heteroatoms. The minimum atomic E-state index is -0.667. The van der Waals surface area contributed by atoms with Gasteiger partial charge in [-0.05, 0) is 30.4 Å². The number of hydrogen-bond donors (Lipinski definition) is 2. The third-order valence-electron chi connectivity index (χ3n) is 5.22. The maximum atomic E-state index is 10.5. The summed E-state index contributed by atoms with van der Waals surface area (Å²) in [7, 11) is 0. The summed E-state index contributed by atoms with van der Waals surface area (Å²) >= 11 is 0. The molecule has 1 aliphatic rings. The highest BCUT2D eigenvalue weighted by Gasteiger charge is 2.32. The van der Waals surface area contributed by atoms with Gasteiger partial charge in [0.05, 0.1) is 18.2 Å². The highest BCUT2D eigenvalue weighted by atomic mass is 16.5. The van der Waals surface area contributed by atoms with Gasteiger partial charge < -0.3 is 14.6 Å². The summed E-state index contributed by atoms with van der Waals surface area (Å²) in [5.41, 5.74) is 9.58. The highest BCUT2D eigenvalue weighted by molar-refractivity contribution is 5.18. The van der Waals surface area contributed by atoms with Crippen molar-refractivity contribution in [1.82, 2.24) is 0 Å². The smallest absolute Gasteiger partial charge is 0.104 e. The van der Waals surface area contributed by atoms with E-state index in [1.807, 2.05) is 48.5 Å². The normalized spacial score (nSPS) is 27.0. The predicted molar refractivity (Wildman–Crippen MR) is 104 cm³/mol. The number of nitrogens with zero attached hydrogens (tertiary/aromatic N) is 1. The van der Waals surface area contributed by atoms with Crippen LogP contribution in [-0.2, 0) is 22.3 Å². The van der Waals surface area contributed by atoms with Crippen molar-refractivity contribution in [2.24, 2.45) is 5.11 Å². The van der Waals surface area contributed by atoms with Crippen molar-refractivity contribution < 1.29 is 14.6 Å². The number of benzene rings is 2. The summed E-state index contributed by atoms with van der Waals surface area (Å²) in [6, 6.07) is 20.2. The highest BCUT2D eigenvalue weighted by Crippen LogP contribution is 2.28. The van der Waals surface area contributed by atoms with Crippen LogP contribution < -0.4 is 0 Å². The molecule has 1 fully saturated rings. The zero-order valence-electron chi connectivity index (χ0n) is 15.6. The molecule has 3 rings (SSSR count). The van der Waals surface area contributed by atoms with E-state index in [9.17, 15) is 5.11 Å². The average molecular weight is 368 g/mol. The number of rotatable bonds is 5. The second kappa shape index (κ2) is 9.74. The Morgan fingerprint density at radius 1 is 0.963 bits per heavy atom. The van der Waals surface area contributed by atoms with Crippen molar-refractivity contribution in [2.75, 3.05) is 19.8 Å². The van der Waals surface area contributed by atoms with Crippen LogP contribution in [0.4, 0.5) is 0 Å². The van der Waals surface area contributed by atoms with E-state index >= 15 is 0 Å². The molecule has 27 heavy (non-hydrogen) atoms. The zero-order valence-corrected chi connectivity index (χ0v) is 15.6. The molecule has 2 N–H and O–H groups in total. The van der Waals surface area contributed by atoms with Crippen LogP contribution in [0.1, 0.15) is 24.0 Å². The van der Waals surface area contributed by atoms with Gasteiger partial charge in [0, 0.05) is 19.6 Å². The molecule has 0 spiro atoms. The van der Waals surface area contributed by atoms with Gasteiger partial charge in [-0.1, -0.05) is 60.7 Å². The molecule has 0 amide bonds. The zero-order chi connectivity index (χ0) is 19.0. The van der Waals surface area contributed by atoms with Gasteiger partial charge in [0.25, 0.3) is 0 Å². The minimum Gasteiger partial charge on any atom is -0.388 e. The molecule has 0 saturated carbocycles. The van der Waals surface area contributed by atoms with Crippen molar-refractivity contribution >= 4 is 0 Å². The van der Waals surface area contributed by atoms with Crippen LogP contribution in [0.25, 0.3) is 0 Å². The van der Waals surface area contributed by atoms with Crippen molar-refractivity contribution in [3.63, 3.8) is 0 Å². The third kappa shape index (κ3) is 5.70. The molecule has 0 bridgehead atoms. The Labute approximate surface area is 160 Å². The molecular weight excluding hydrogens is 340 g/mol. The van der Waals surface area contributed by atoms with Crippen LogP contribution >= 0.6 is 0 Å². The lowest BCUT2D eigenvalue weighted by atomic mass is 9.85. The predicted octanol–water partition coefficient (Wildman–Crippen LogP) is 3.80. The van der Waals surface area contributed by atoms with E-state index in [1.165, 1.54) is 0 Å². The molecule has 0 aromatic heterocycles. The molecule has 5 nitrogen and oxygen atoms in total. The SMILES string of the molecule is N=NC1(Cc2ccccc2)CCOCC(O)C(Cc2ccccc2)OCC1.